The molecule has 0 heterocycles. The summed E-state index contributed by atoms with van der Waals surface area (Å²) < 4.78 is 0. The van der Waals surface area contributed by atoms with Gasteiger partial charge in [0, 0.05) is 0 Å². The zero-order valence-electron chi connectivity index (χ0n) is 12.7. The Labute approximate surface area is 114 Å². The Hall–Kier alpha value is -0.300. The Morgan fingerprint density at radius 3 is 2.33 bits per heavy atom. The van der Waals surface area contributed by atoms with E-state index in [0.717, 1.165) is 6.42 Å². The fraction of sp³-hybridized carbons (Fsp3) is 0.882. The molecule has 0 radical (unpaired) electrons. The molecule has 1 heteroatoms. The highest BCUT2D eigenvalue weighted by atomic mass is 16.3. The van der Waals surface area contributed by atoms with Crippen LogP contribution in [0, 0.1) is 5.41 Å². The molecule has 106 valence electrons. The zero-order chi connectivity index (χ0) is 13.4. The molecule has 0 bridgehead atoms. The van der Waals surface area contributed by atoms with Gasteiger partial charge < -0.3 is 5.11 Å². The van der Waals surface area contributed by atoms with E-state index in [-0.39, 0.29) is 6.10 Å². The first kappa shape index (κ1) is 15.8. The average Bonchev–Trinajstić information content (AvgIpc) is 2.25. The van der Waals surface area contributed by atoms with Crippen LogP contribution in [0.5, 0.6) is 0 Å². The number of hydrogen-bond donors (Lipinski definition) is 1. The third-order valence-electron chi connectivity index (χ3n) is 4.00. The van der Waals surface area contributed by atoms with Crippen LogP contribution >= 0.6 is 0 Å². The van der Waals surface area contributed by atoms with Gasteiger partial charge in [0.15, 0.2) is 0 Å². The zero-order valence-corrected chi connectivity index (χ0v) is 12.7. The molecule has 1 aliphatic carbocycles. The molecule has 1 atom stereocenters. The SMILES string of the molecule is CCCCCCCCCC1=CC(O)CC(C)(C)C1. The van der Waals surface area contributed by atoms with Crippen LogP contribution in [0.4, 0.5) is 0 Å². The number of aliphatic hydroxyl groups excluding tert-OH is 1. The molecule has 0 spiro atoms. The maximum Gasteiger partial charge on any atom is 0.0728 e. The summed E-state index contributed by atoms with van der Waals surface area (Å²) in [5.41, 5.74) is 1.79. The van der Waals surface area contributed by atoms with Crippen molar-refractivity contribution in [2.45, 2.75) is 91.1 Å². The number of unbranched alkanes of at least 4 members (excludes halogenated alkanes) is 6. The monoisotopic (exact) mass is 252 g/mol. The summed E-state index contributed by atoms with van der Waals surface area (Å²) in [4.78, 5) is 0. The average molecular weight is 252 g/mol. The summed E-state index contributed by atoms with van der Waals surface area (Å²) in [5.74, 6) is 0. The fourth-order valence-corrected chi connectivity index (χ4v) is 3.12. The van der Waals surface area contributed by atoms with Crippen molar-refractivity contribution in [1.82, 2.24) is 0 Å². The van der Waals surface area contributed by atoms with E-state index in [1.165, 1.54) is 63.4 Å². The van der Waals surface area contributed by atoms with Crippen molar-refractivity contribution in [3.05, 3.63) is 11.6 Å². The van der Waals surface area contributed by atoms with Crippen LogP contribution in [0.2, 0.25) is 0 Å². The quantitative estimate of drug-likeness (QED) is 0.463. The molecule has 18 heavy (non-hydrogen) atoms. The van der Waals surface area contributed by atoms with Crippen LogP contribution < -0.4 is 0 Å². The summed E-state index contributed by atoms with van der Waals surface area (Å²) in [5, 5.41) is 9.84. The first-order valence-electron chi connectivity index (χ1n) is 7.91. The summed E-state index contributed by atoms with van der Waals surface area (Å²) in [6, 6.07) is 0. The highest BCUT2D eigenvalue weighted by Gasteiger charge is 2.26. The number of rotatable bonds is 8. The third kappa shape index (κ3) is 6.58. The van der Waals surface area contributed by atoms with Gasteiger partial charge in [-0.15, -0.1) is 0 Å². The molecule has 1 aliphatic rings. The molecule has 0 aromatic rings. The van der Waals surface area contributed by atoms with E-state index < -0.39 is 0 Å². The van der Waals surface area contributed by atoms with Gasteiger partial charge in [0.2, 0.25) is 0 Å². The number of aliphatic hydroxyl groups is 1. The molecule has 1 unspecified atom stereocenters. The lowest BCUT2D eigenvalue weighted by atomic mass is 9.75. The van der Waals surface area contributed by atoms with Gasteiger partial charge in [-0.2, -0.15) is 0 Å². The van der Waals surface area contributed by atoms with E-state index in [1.54, 1.807) is 0 Å². The van der Waals surface area contributed by atoms with E-state index in [4.69, 9.17) is 0 Å². The Bertz CT molecular complexity index is 252. The number of allylic oxidation sites excluding steroid dienone is 1. The van der Waals surface area contributed by atoms with Crippen molar-refractivity contribution < 1.29 is 5.11 Å². The molecule has 0 fully saturated rings. The number of hydrogen-bond acceptors (Lipinski definition) is 1. The van der Waals surface area contributed by atoms with Crippen LogP contribution in [0.25, 0.3) is 0 Å². The Morgan fingerprint density at radius 1 is 1.11 bits per heavy atom. The third-order valence-corrected chi connectivity index (χ3v) is 4.00. The standard InChI is InChI=1S/C17H32O/c1-4-5-6-7-8-9-10-11-15-12-16(18)14-17(2,3)13-15/h12,16,18H,4-11,13-14H2,1-3H3. The van der Waals surface area contributed by atoms with Gasteiger partial charge in [-0.3, -0.25) is 0 Å². The Balaban J connectivity index is 2.12. The Morgan fingerprint density at radius 2 is 1.72 bits per heavy atom. The van der Waals surface area contributed by atoms with Crippen molar-refractivity contribution in [3.63, 3.8) is 0 Å². The van der Waals surface area contributed by atoms with E-state index in [2.05, 4.69) is 26.8 Å². The van der Waals surface area contributed by atoms with Crippen LogP contribution in [0.3, 0.4) is 0 Å². The summed E-state index contributed by atoms with van der Waals surface area (Å²) in [7, 11) is 0. The summed E-state index contributed by atoms with van der Waals surface area (Å²) in [6.45, 7) is 6.81. The molecule has 1 nitrogen and oxygen atoms in total. The topological polar surface area (TPSA) is 20.2 Å². The van der Waals surface area contributed by atoms with Crippen molar-refractivity contribution in [3.8, 4) is 0 Å². The molecule has 0 saturated carbocycles. The lowest BCUT2D eigenvalue weighted by Gasteiger charge is -2.32. The van der Waals surface area contributed by atoms with Crippen molar-refractivity contribution in [2.75, 3.05) is 0 Å². The predicted molar refractivity (Wildman–Crippen MR) is 79.7 cm³/mol. The van der Waals surface area contributed by atoms with Gasteiger partial charge in [-0.25, -0.2) is 0 Å². The first-order chi connectivity index (χ1) is 8.53. The van der Waals surface area contributed by atoms with Gasteiger partial charge in [0.25, 0.3) is 0 Å². The van der Waals surface area contributed by atoms with E-state index in [0.29, 0.717) is 5.41 Å². The van der Waals surface area contributed by atoms with Crippen molar-refractivity contribution in [2.24, 2.45) is 5.41 Å². The second-order valence-electron chi connectivity index (χ2n) is 6.81. The summed E-state index contributed by atoms with van der Waals surface area (Å²) in [6.07, 6.45) is 14.8. The van der Waals surface area contributed by atoms with Crippen LogP contribution in [0.15, 0.2) is 11.6 Å². The molecule has 0 aromatic heterocycles. The van der Waals surface area contributed by atoms with E-state index in [9.17, 15) is 5.11 Å². The van der Waals surface area contributed by atoms with Gasteiger partial charge in [-0.1, -0.05) is 70.9 Å². The molecule has 0 aliphatic heterocycles. The lowest BCUT2D eigenvalue weighted by Crippen LogP contribution is -2.24. The normalized spacial score (nSPS) is 22.9. The lowest BCUT2D eigenvalue weighted by molar-refractivity contribution is 0.137. The molecule has 0 saturated heterocycles. The second-order valence-corrected chi connectivity index (χ2v) is 6.81. The fourth-order valence-electron chi connectivity index (χ4n) is 3.12. The predicted octanol–water partition coefficient (Wildman–Crippen LogP) is 5.23. The minimum absolute atomic E-state index is 0.201. The van der Waals surface area contributed by atoms with Gasteiger partial charge in [-0.05, 0) is 31.1 Å². The van der Waals surface area contributed by atoms with Gasteiger partial charge in [0.1, 0.15) is 0 Å². The van der Waals surface area contributed by atoms with Gasteiger partial charge >= 0.3 is 0 Å². The van der Waals surface area contributed by atoms with Crippen LogP contribution in [0.1, 0.15) is 85.0 Å². The van der Waals surface area contributed by atoms with E-state index in [1.807, 2.05) is 0 Å². The van der Waals surface area contributed by atoms with E-state index >= 15 is 0 Å². The summed E-state index contributed by atoms with van der Waals surface area (Å²) >= 11 is 0. The smallest absolute Gasteiger partial charge is 0.0728 e. The molecule has 0 aromatic carbocycles. The minimum atomic E-state index is -0.201. The van der Waals surface area contributed by atoms with Crippen LogP contribution in [-0.2, 0) is 0 Å². The van der Waals surface area contributed by atoms with Crippen molar-refractivity contribution in [1.29, 1.82) is 0 Å². The Kier molecular flexibility index (Phi) is 6.99. The van der Waals surface area contributed by atoms with Gasteiger partial charge in [0.05, 0.1) is 6.10 Å². The highest BCUT2D eigenvalue weighted by molar-refractivity contribution is 5.12. The molecular formula is C17H32O. The second kappa shape index (κ2) is 7.99. The maximum absolute atomic E-state index is 9.84. The maximum atomic E-state index is 9.84. The molecule has 1 rings (SSSR count). The molecule has 0 amide bonds. The molecular weight excluding hydrogens is 220 g/mol. The minimum Gasteiger partial charge on any atom is -0.389 e. The first-order valence-corrected chi connectivity index (χ1v) is 7.91. The van der Waals surface area contributed by atoms with Crippen LogP contribution in [-0.4, -0.2) is 11.2 Å². The highest BCUT2D eigenvalue weighted by Crippen LogP contribution is 2.37. The largest absolute Gasteiger partial charge is 0.389 e. The van der Waals surface area contributed by atoms with Crippen molar-refractivity contribution >= 4 is 0 Å². The molecule has 1 N–H and O–H groups in total.